The molecule has 3 heterocycles. The zero-order valence-electron chi connectivity index (χ0n) is 15.0. The molecule has 3 rings (SSSR count). The standard InChI is InChI=1S/C19H26N4O3/c1-2-5-16(18(24)25)23-13-12-22(19(23)26)11-4-7-15-9-8-14-6-3-10-20-17(14)21-15/h2,8-9,16H,1,3-7,10-13H2,(H,20,21)(H,24,25)/t16-/m0/s1. The quantitative estimate of drug-likeness (QED) is 0.696. The molecule has 2 amide bonds. The van der Waals surface area contributed by atoms with E-state index in [-0.39, 0.29) is 12.5 Å². The van der Waals surface area contributed by atoms with Gasteiger partial charge in [0.05, 0.1) is 0 Å². The van der Waals surface area contributed by atoms with Crippen LogP contribution < -0.4 is 5.32 Å². The van der Waals surface area contributed by atoms with Gasteiger partial charge in [0.1, 0.15) is 11.9 Å². The number of pyridine rings is 1. The fourth-order valence-corrected chi connectivity index (χ4v) is 3.58. The highest BCUT2D eigenvalue weighted by Crippen LogP contribution is 2.21. The van der Waals surface area contributed by atoms with Gasteiger partial charge in [-0.3, -0.25) is 0 Å². The summed E-state index contributed by atoms with van der Waals surface area (Å²) in [5.41, 5.74) is 2.30. The number of nitrogens with one attached hydrogen (secondary N) is 1. The Morgan fingerprint density at radius 1 is 1.42 bits per heavy atom. The predicted octanol–water partition coefficient (Wildman–Crippen LogP) is 2.14. The van der Waals surface area contributed by atoms with Crippen molar-refractivity contribution < 1.29 is 14.7 Å². The minimum Gasteiger partial charge on any atom is -0.480 e. The topological polar surface area (TPSA) is 85.8 Å². The minimum absolute atomic E-state index is 0.195. The number of hydrogen-bond donors (Lipinski definition) is 2. The van der Waals surface area contributed by atoms with Crippen molar-refractivity contribution in [2.24, 2.45) is 0 Å². The van der Waals surface area contributed by atoms with Crippen molar-refractivity contribution in [3.63, 3.8) is 0 Å². The van der Waals surface area contributed by atoms with Gasteiger partial charge in [0.25, 0.3) is 0 Å². The average Bonchev–Trinajstić information content (AvgIpc) is 3.00. The van der Waals surface area contributed by atoms with Crippen molar-refractivity contribution in [3.8, 4) is 0 Å². The zero-order chi connectivity index (χ0) is 18.5. The summed E-state index contributed by atoms with van der Waals surface area (Å²) in [6.07, 6.45) is 5.64. The van der Waals surface area contributed by atoms with Crippen LogP contribution in [0.5, 0.6) is 0 Å². The molecule has 1 saturated heterocycles. The number of fused-ring (bicyclic) bond motifs is 1. The van der Waals surface area contributed by atoms with Crippen LogP contribution in [0.3, 0.4) is 0 Å². The molecule has 1 atom stereocenters. The SMILES string of the molecule is C=CC[C@@H](C(=O)O)N1CCN(CCCc2ccc3c(n2)NCCC3)C1=O. The Balaban J connectivity index is 1.52. The van der Waals surface area contributed by atoms with Crippen LogP contribution in [0.15, 0.2) is 24.8 Å². The lowest BCUT2D eigenvalue weighted by molar-refractivity contribution is -0.141. The van der Waals surface area contributed by atoms with Gasteiger partial charge in [-0.25, -0.2) is 14.6 Å². The molecule has 0 spiro atoms. The smallest absolute Gasteiger partial charge is 0.326 e. The van der Waals surface area contributed by atoms with Crippen molar-refractivity contribution in [3.05, 3.63) is 36.0 Å². The first-order valence-corrected chi connectivity index (χ1v) is 9.22. The van der Waals surface area contributed by atoms with Gasteiger partial charge < -0.3 is 20.2 Å². The number of carboxylic acids is 1. The highest BCUT2D eigenvalue weighted by Gasteiger charge is 2.36. The fourth-order valence-electron chi connectivity index (χ4n) is 3.58. The van der Waals surface area contributed by atoms with Crippen molar-refractivity contribution in [1.29, 1.82) is 0 Å². The lowest BCUT2D eigenvalue weighted by atomic mass is 10.1. The molecule has 0 unspecified atom stereocenters. The Hall–Kier alpha value is -2.57. The molecular weight excluding hydrogens is 332 g/mol. The Kier molecular flexibility index (Phi) is 5.75. The molecule has 1 fully saturated rings. The summed E-state index contributed by atoms with van der Waals surface area (Å²) >= 11 is 0. The summed E-state index contributed by atoms with van der Waals surface area (Å²) in [6.45, 7) is 6.18. The second-order valence-electron chi connectivity index (χ2n) is 6.79. The maximum absolute atomic E-state index is 12.5. The zero-order valence-corrected chi connectivity index (χ0v) is 15.0. The van der Waals surface area contributed by atoms with Crippen LogP contribution in [0.4, 0.5) is 10.6 Å². The number of carbonyl (C=O) groups is 2. The highest BCUT2D eigenvalue weighted by atomic mass is 16.4. The Morgan fingerprint density at radius 2 is 2.27 bits per heavy atom. The molecule has 2 aliphatic rings. The van der Waals surface area contributed by atoms with E-state index in [0.29, 0.717) is 19.6 Å². The normalized spacial score (nSPS) is 17.6. The summed E-state index contributed by atoms with van der Waals surface area (Å²) < 4.78 is 0. The molecule has 1 aromatic rings. The van der Waals surface area contributed by atoms with Gasteiger partial charge in [-0.15, -0.1) is 6.58 Å². The molecule has 0 aliphatic carbocycles. The lowest BCUT2D eigenvalue weighted by Gasteiger charge is -2.23. The van der Waals surface area contributed by atoms with Crippen LogP contribution in [0, 0.1) is 0 Å². The number of aliphatic carboxylic acids is 1. The highest BCUT2D eigenvalue weighted by molar-refractivity contribution is 5.84. The summed E-state index contributed by atoms with van der Waals surface area (Å²) in [6, 6.07) is 3.19. The third-order valence-corrected chi connectivity index (χ3v) is 4.99. The largest absolute Gasteiger partial charge is 0.480 e. The van der Waals surface area contributed by atoms with E-state index < -0.39 is 12.0 Å². The van der Waals surface area contributed by atoms with Gasteiger partial charge in [-0.2, -0.15) is 0 Å². The molecule has 0 bridgehead atoms. The summed E-state index contributed by atoms with van der Waals surface area (Å²) in [7, 11) is 0. The molecule has 2 aliphatic heterocycles. The van der Waals surface area contributed by atoms with Gasteiger partial charge in [0.15, 0.2) is 0 Å². The third-order valence-electron chi connectivity index (χ3n) is 4.99. The summed E-state index contributed by atoms with van der Waals surface area (Å²) in [5.74, 6) is 0.0109. The monoisotopic (exact) mass is 358 g/mol. The van der Waals surface area contributed by atoms with Crippen LogP contribution in [0.1, 0.15) is 30.5 Å². The first kappa shape index (κ1) is 18.2. The van der Waals surface area contributed by atoms with Crippen LogP contribution in [0.25, 0.3) is 0 Å². The van der Waals surface area contributed by atoms with E-state index in [1.165, 1.54) is 10.5 Å². The first-order chi connectivity index (χ1) is 12.6. The van der Waals surface area contributed by atoms with E-state index in [1.807, 2.05) is 0 Å². The molecular formula is C19H26N4O3. The van der Waals surface area contributed by atoms with Crippen molar-refractivity contribution in [2.45, 2.75) is 38.1 Å². The average molecular weight is 358 g/mol. The minimum atomic E-state index is -0.981. The van der Waals surface area contributed by atoms with E-state index >= 15 is 0 Å². The number of nitrogens with zero attached hydrogens (tertiary/aromatic N) is 3. The molecule has 140 valence electrons. The first-order valence-electron chi connectivity index (χ1n) is 9.22. The van der Waals surface area contributed by atoms with E-state index in [0.717, 1.165) is 43.7 Å². The van der Waals surface area contributed by atoms with E-state index in [9.17, 15) is 14.7 Å². The van der Waals surface area contributed by atoms with Gasteiger partial charge >= 0.3 is 12.0 Å². The third kappa shape index (κ3) is 3.98. The van der Waals surface area contributed by atoms with Crippen LogP contribution in [0.2, 0.25) is 0 Å². The number of aromatic nitrogens is 1. The number of amides is 2. The van der Waals surface area contributed by atoms with Crippen LogP contribution in [-0.4, -0.2) is 64.1 Å². The fraction of sp³-hybridized carbons (Fsp3) is 0.526. The number of hydrogen-bond acceptors (Lipinski definition) is 4. The van der Waals surface area contributed by atoms with Gasteiger partial charge in [-0.1, -0.05) is 12.1 Å². The van der Waals surface area contributed by atoms with E-state index in [4.69, 9.17) is 0 Å². The maximum Gasteiger partial charge on any atom is 0.326 e. The van der Waals surface area contributed by atoms with Crippen LogP contribution >= 0.6 is 0 Å². The number of rotatable bonds is 8. The predicted molar refractivity (Wildman–Crippen MR) is 99.3 cm³/mol. The Bertz CT molecular complexity index is 691. The second-order valence-corrected chi connectivity index (χ2v) is 6.79. The van der Waals surface area contributed by atoms with Crippen molar-refractivity contribution >= 4 is 17.8 Å². The number of urea groups is 1. The second kappa shape index (κ2) is 8.21. The molecule has 0 saturated carbocycles. The molecule has 7 nitrogen and oxygen atoms in total. The Morgan fingerprint density at radius 3 is 3.04 bits per heavy atom. The molecule has 2 N–H and O–H groups in total. The molecule has 1 aromatic heterocycles. The number of aryl methyl sites for hydroxylation is 2. The molecule has 7 heteroatoms. The number of carboxylic acid groups (broad SMARTS) is 1. The molecule has 0 radical (unpaired) electrons. The van der Waals surface area contributed by atoms with Crippen molar-refractivity contribution in [2.75, 3.05) is 31.5 Å². The van der Waals surface area contributed by atoms with Crippen LogP contribution in [-0.2, 0) is 17.6 Å². The summed E-state index contributed by atoms with van der Waals surface area (Å²) in [5, 5.41) is 12.7. The van der Waals surface area contributed by atoms with Gasteiger partial charge in [-0.05, 0) is 43.7 Å². The molecule has 0 aromatic carbocycles. The summed E-state index contributed by atoms with van der Waals surface area (Å²) in [4.78, 5) is 31.7. The van der Waals surface area contributed by atoms with Gasteiger partial charge in [0.2, 0.25) is 0 Å². The van der Waals surface area contributed by atoms with E-state index in [2.05, 4.69) is 29.0 Å². The van der Waals surface area contributed by atoms with Crippen molar-refractivity contribution in [1.82, 2.24) is 14.8 Å². The van der Waals surface area contributed by atoms with Gasteiger partial charge in [0, 0.05) is 31.9 Å². The number of carbonyl (C=O) groups excluding carboxylic acids is 1. The lowest BCUT2D eigenvalue weighted by Crippen LogP contribution is -2.43. The Labute approximate surface area is 153 Å². The maximum atomic E-state index is 12.5. The van der Waals surface area contributed by atoms with E-state index in [1.54, 1.807) is 11.0 Å². The molecule has 26 heavy (non-hydrogen) atoms. The number of anilines is 1.